The van der Waals surface area contributed by atoms with Crippen LogP contribution in [0, 0.1) is 36.9 Å². The molecule has 6 aliphatic heterocycles. The molecule has 2 saturated heterocycles. The largest absolute Gasteiger partial charge is 0.497 e. The number of rotatable bonds is 13. The number of nitrogens with zero attached hydrogens (tertiary/aromatic N) is 14. The lowest BCUT2D eigenvalue weighted by Gasteiger charge is -2.42. The summed E-state index contributed by atoms with van der Waals surface area (Å²) in [4.78, 5) is 67.7. The lowest BCUT2D eigenvalue weighted by atomic mass is 9.69. The third-order valence-corrected chi connectivity index (χ3v) is 22.0. The number of para-hydroxylation sites is 2. The van der Waals surface area contributed by atoms with Gasteiger partial charge >= 0.3 is 5.97 Å². The number of H-pyrrole nitrogens is 1. The maximum absolute atomic E-state index is 14.3. The smallest absolute Gasteiger partial charge is 0.308 e. The summed E-state index contributed by atoms with van der Waals surface area (Å²) in [5, 5.41) is 20.0. The highest BCUT2D eigenvalue weighted by Crippen LogP contribution is 2.48. The van der Waals surface area contributed by atoms with Crippen LogP contribution in [-0.4, -0.2) is 139 Å². The maximum Gasteiger partial charge on any atom is 0.308 e. The Hall–Kier alpha value is -12.5. The second kappa shape index (κ2) is 31.8. The number of methoxy groups -OCH3 is 1. The van der Waals surface area contributed by atoms with Crippen molar-refractivity contribution in [1.82, 2.24) is 48.3 Å². The minimum atomic E-state index is -3.76. The zero-order valence-corrected chi connectivity index (χ0v) is 62.1. The van der Waals surface area contributed by atoms with Crippen LogP contribution >= 0.6 is 11.6 Å². The molecule has 4 aromatic heterocycles. The van der Waals surface area contributed by atoms with E-state index in [1.54, 1.807) is 44.5 Å². The van der Waals surface area contributed by atoms with E-state index in [0.29, 0.717) is 66.2 Å². The number of allylic oxidation sites excluding steroid dienone is 1. The first-order chi connectivity index (χ1) is 53.2. The number of nitriles is 1. The number of likely N-dealkylation sites (tertiary alicyclic amines) is 1. The molecule has 110 heavy (non-hydrogen) atoms. The number of nitrogen functional groups attached to an aromatic ring is 1. The summed E-state index contributed by atoms with van der Waals surface area (Å²) < 4.78 is 73.3. The van der Waals surface area contributed by atoms with Gasteiger partial charge in [0.15, 0.2) is 23.1 Å². The third-order valence-electron chi connectivity index (χ3n) is 19.8. The molecule has 560 valence electrons. The van der Waals surface area contributed by atoms with E-state index in [1.807, 2.05) is 110 Å². The van der Waals surface area contributed by atoms with Crippen molar-refractivity contribution < 1.29 is 50.9 Å². The van der Waals surface area contributed by atoms with E-state index < -0.39 is 39.2 Å². The summed E-state index contributed by atoms with van der Waals surface area (Å²) >= 11 is 6.16. The number of halogens is 2. The number of aliphatic imine (C=N–C) groups is 2. The summed E-state index contributed by atoms with van der Waals surface area (Å²) in [6, 6.07) is 51.7. The van der Waals surface area contributed by atoms with Gasteiger partial charge in [0.1, 0.15) is 60.2 Å². The van der Waals surface area contributed by atoms with Crippen LogP contribution in [0.4, 0.5) is 10.3 Å². The topological polar surface area (TPSA) is 344 Å². The number of ether oxygens (including phenoxy) is 5. The molecule has 6 aliphatic rings. The summed E-state index contributed by atoms with van der Waals surface area (Å²) in [6.45, 7) is 10.6. The normalized spacial score (nSPS) is 16.5. The van der Waals surface area contributed by atoms with E-state index in [0.717, 1.165) is 100 Å². The zero-order chi connectivity index (χ0) is 77.0. The van der Waals surface area contributed by atoms with Crippen molar-refractivity contribution in [2.45, 2.75) is 82.8 Å². The maximum atomic E-state index is 14.3. The highest BCUT2D eigenvalue weighted by molar-refractivity contribution is 7.89. The highest BCUT2D eigenvalue weighted by atomic mass is 35.5. The molecule has 2 fully saturated rings. The predicted molar refractivity (Wildman–Crippen MR) is 410 cm³/mol. The van der Waals surface area contributed by atoms with Gasteiger partial charge in [-0.3, -0.25) is 23.9 Å². The molecule has 1 spiro atoms. The predicted octanol–water partition coefficient (Wildman–Crippen LogP) is 12.7. The number of carbonyl (C=O) groups is 3. The molecule has 0 saturated carbocycles. The number of aryl methyl sites for hydroxylation is 1. The fourth-order valence-electron chi connectivity index (χ4n) is 14.4. The molecule has 1 amide bonds. The van der Waals surface area contributed by atoms with E-state index in [2.05, 4.69) is 91.1 Å². The van der Waals surface area contributed by atoms with Crippen molar-refractivity contribution in [3.05, 3.63) is 233 Å². The zero-order valence-electron chi connectivity index (χ0n) is 60.5. The van der Waals surface area contributed by atoms with Crippen LogP contribution in [-0.2, 0) is 38.1 Å². The highest BCUT2D eigenvalue weighted by Gasteiger charge is 2.48. The van der Waals surface area contributed by atoms with Crippen LogP contribution < -0.4 is 35.2 Å². The summed E-state index contributed by atoms with van der Waals surface area (Å²) in [7, 11) is -2.14. The van der Waals surface area contributed by atoms with E-state index in [-0.39, 0.29) is 64.5 Å². The van der Waals surface area contributed by atoms with E-state index in [4.69, 9.17) is 46.8 Å². The van der Waals surface area contributed by atoms with Crippen molar-refractivity contribution in [3.8, 4) is 57.6 Å². The first kappa shape index (κ1) is 74.4. The number of amidine groups is 2. The fraction of sp³-hybridized carbons (Fsp3) is 0.250. The van der Waals surface area contributed by atoms with Gasteiger partial charge in [-0.1, -0.05) is 77.5 Å². The molecule has 0 aliphatic carbocycles. The van der Waals surface area contributed by atoms with Gasteiger partial charge < -0.3 is 44.7 Å². The molecule has 17 rings (SSSR count). The Balaban J connectivity index is 0.000000125. The summed E-state index contributed by atoms with van der Waals surface area (Å²) in [6.07, 6.45) is 5.98. The molecular weight excluding hydrogens is 1450 g/mol. The van der Waals surface area contributed by atoms with Gasteiger partial charge in [-0.15, -0.1) is 5.11 Å². The number of sulfonamides is 1. The van der Waals surface area contributed by atoms with E-state index in [9.17, 15) is 32.5 Å². The lowest BCUT2D eigenvalue weighted by molar-refractivity contribution is -0.131. The standard InChI is InChI=1S/C24H22ClFN6O5S.C20H19NO4.C19H21N5O.C17H13N5/c25-17-2-1-3-18(26)16(17)13-32-23-21(29-30-32)24(33)28-22(27-23)14-6-8-31(9-7-14)38(34,35)15-4-5-19-20(12-15)37-11-10-36-19;1-12-20(13(2)22)18-11-17(25-14(3)23)9-10-19(18)21(12)15-5-7-16(24-4)8-6-15;1-13-22-16-18(23-13)25-17(21)15(11-20)19(16)7-9-24(10-8-19)12-14-5-3-2-4-6-14;18-17-19-10-9-14(21-17)12-5-7-13(8-6-12)22-11-20-15-3-1-2-4-16(15)22/h1-5,12,14,21H,6-11,13H2;5-11H,1-4H3;2-6H,7-10,12,21H2,1H3,(H,22,23);1-11H,(H2,18,19,21). The molecule has 11 aromatic rings. The van der Waals surface area contributed by atoms with Gasteiger partial charge in [-0.2, -0.15) is 19.5 Å². The number of nitrogens with two attached hydrogens (primary N) is 2. The molecule has 27 nitrogen and oxygen atoms in total. The number of nitrogens with one attached hydrogen (secondary N) is 1. The molecular formula is C80H75ClFN17O10S. The average Bonchev–Trinajstić information content (AvgIpc) is 1.34. The number of hydrogen-bond donors (Lipinski definition) is 3. The van der Waals surface area contributed by atoms with Crippen LogP contribution in [0.15, 0.2) is 213 Å². The fourth-order valence-corrected chi connectivity index (χ4v) is 16.1. The van der Waals surface area contributed by atoms with Crippen molar-refractivity contribution in [1.29, 1.82) is 5.26 Å². The number of Topliss-reactive ketones (excluding diaryl/α,β-unsaturated/α-hetero) is 1. The Bertz CT molecular complexity index is 5630. The number of benzene rings is 7. The van der Waals surface area contributed by atoms with Gasteiger partial charge in [0.25, 0.3) is 5.91 Å². The number of ketones is 1. The summed E-state index contributed by atoms with van der Waals surface area (Å²) in [5.74, 6) is 2.76. The Morgan fingerprint density at radius 3 is 2.21 bits per heavy atom. The lowest BCUT2D eigenvalue weighted by Crippen LogP contribution is -2.46. The van der Waals surface area contributed by atoms with E-state index in [1.165, 1.54) is 46.1 Å². The second-order valence-electron chi connectivity index (χ2n) is 26.7. The Labute approximate surface area is 637 Å². The van der Waals surface area contributed by atoms with Crippen LogP contribution in [0.2, 0.25) is 5.02 Å². The number of piperidine rings is 2. The number of aromatic amines is 1. The summed E-state index contributed by atoms with van der Waals surface area (Å²) in [5.41, 5.74) is 22.4. The molecule has 1 atom stereocenters. The Morgan fingerprint density at radius 2 is 1.50 bits per heavy atom. The minimum absolute atomic E-state index is 0.0327. The number of aromatic nitrogens is 7. The molecule has 30 heteroatoms. The minimum Gasteiger partial charge on any atom is -0.497 e. The number of anilines is 1. The monoisotopic (exact) mass is 1520 g/mol. The van der Waals surface area contributed by atoms with Crippen molar-refractivity contribution >= 4 is 78.8 Å². The van der Waals surface area contributed by atoms with Crippen LogP contribution in [0.1, 0.15) is 78.2 Å². The molecule has 7 aromatic carbocycles. The van der Waals surface area contributed by atoms with Crippen molar-refractivity contribution in [2.75, 3.05) is 52.2 Å². The Morgan fingerprint density at radius 1 is 0.782 bits per heavy atom. The number of hydrogen-bond acceptors (Lipinski definition) is 22. The van der Waals surface area contributed by atoms with Gasteiger partial charge in [-0.25, -0.2) is 37.8 Å². The van der Waals surface area contributed by atoms with Crippen molar-refractivity contribution in [3.63, 3.8) is 0 Å². The van der Waals surface area contributed by atoms with Crippen molar-refractivity contribution in [2.24, 2.45) is 32.0 Å². The molecule has 0 radical (unpaired) electrons. The number of amides is 1. The average molecular weight is 1520 g/mol. The third kappa shape index (κ3) is 15.4. The Kier molecular flexibility index (Phi) is 21.5. The number of fused-ring (bicyclic) bond motifs is 6. The second-order valence-corrected chi connectivity index (χ2v) is 29.0. The van der Waals surface area contributed by atoms with Gasteiger partial charge in [-0.05, 0) is 162 Å². The molecule has 10 heterocycles. The van der Waals surface area contributed by atoms with Crippen LogP contribution in [0.25, 0.3) is 44.6 Å². The number of carbonyl (C=O) groups excluding carboxylic acids is 3. The quantitative estimate of drug-likeness (QED) is 0.0548. The number of esters is 1. The SMILES string of the molecule is COc1ccc(-n2c(C)c(C(C)=O)c3cc(OC(C)=O)ccc32)cc1.Cc1nc2c([nH]1)C1(CCN(Cc3ccccc3)CC1)C(C#N)=C(N)O2.Nc1nccc(-c2ccc(-n3cnc4ccccc43)cc2)n1.O=C1N=C(C2CCN(S(=O)(=O)c3ccc4c(c3)OCCO4)CC2)N=C2C1N=NN2Cc1c(F)cccc1Cl. The first-order valence-electron chi connectivity index (χ1n) is 35.4. The van der Waals surface area contributed by atoms with Gasteiger partial charge in [0.05, 0.1) is 51.9 Å². The molecule has 5 N–H and O–H groups in total. The number of imidazole rings is 2. The van der Waals surface area contributed by atoms with E-state index >= 15 is 0 Å². The van der Waals surface area contributed by atoms with Gasteiger partial charge in [0, 0.05) is 88.9 Å². The van der Waals surface area contributed by atoms with Crippen LogP contribution in [0.3, 0.4) is 0 Å². The molecule has 1 unspecified atom stereocenters. The van der Waals surface area contributed by atoms with Gasteiger partial charge in [0.2, 0.25) is 33.8 Å². The first-order valence-corrected chi connectivity index (χ1v) is 37.2. The molecule has 0 bridgehead atoms. The van der Waals surface area contributed by atoms with Crippen LogP contribution in [0.5, 0.6) is 28.9 Å².